The topological polar surface area (TPSA) is 72.5 Å². The summed E-state index contributed by atoms with van der Waals surface area (Å²) in [6, 6.07) is 0. The van der Waals surface area contributed by atoms with Gasteiger partial charge in [-0.05, 0) is 12.8 Å². The molecule has 0 saturated carbocycles. The lowest BCUT2D eigenvalue weighted by atomic mass is 10.2. The summed E-state index contributed by atoms with van der Waals surface area (Å²) in [5.74, 6) is -0.655. The van der Waals surface area contributed by atoms with Crippen LogP contribution < -0.4 is 5.32 Å². The minimum absolute atomic E-state index is 0.113. The Morgan fingerprint density at radius 1 is 1.35 bits per heavy atom. The molecular weight excluding hydrogens is 258 g/mol. The highest BCUT2D eigenvalue weighted by Crippen LogP contribution is 2.04. The van der Waals surface area contributed by atoms with E-state index in [2.05, 4.69) is 18.8 Å². The number of hydrogen-bond acceptors (Lipinski definition) is 4. The Balaban J connectivity index is 0.000000367. The van der Waals surface area contributed by atoms with Gasteiger partial charge in [0.25, 0.3) is 11.8 Å². The average Bonchev–Trinajstić information content (AvgIpc) is 2.75. The number of amides is 2. The van der Waals surface area contributed by atoms with E-state index in [0.29, 0.717) is 25.0 Å². The molecule has 0 radical (unpaired) electrons. The van der Waals surface area contributed by atoms with Crippen molar-refractivity contribution in [1.29, 1.82) is 0 Å². The van der Waals surface area contributed by atoms with Gasteiger partial charge in [0.2, 0.25) is 0 Å². The zero-order valence-electron chi connectivity index (χ0n) is 12.2. The van der Waals surface area contributed by atoms with E-state index in [1.807, 2.05) is 6.92 Å². The molecule has 2 amide bonds. The van der Waals surface area contributed by atoms with Crippen molar-refractivity contribution < 1.29 is 19.1 Å². The highest BCUT2D eigenvalue weighted by Gasteiger charge is 2.17. The summed E-state index contributed by atoms with van der Waals surface area (Å²) in [6.45, 7) is 7.73. The molecular formula is C15H23NO4. The maximum Gasteiger partial charge on any atom is 0.306 e. The normalized spacial score (nSPS) is 13.0. The zero-order valence-corrected chi connectivity index (χ0v) is 12.2. The van der Waals surface area contributed by atoms with Gasteiger partial charge in [0.05, 0.1) is 0 Å². The van der Waals surface area contributed by atoms with Gasteiger partial charge in [0, 0.05) is 18.1 Å². The molecule has 20 heavy (non-hydrogen) atoms. The molecule has 0 fully saturated rings. The first-order valence-corrected chi connectivity index (χ1v) is 6.87. The Morgan fingerprint density at radius 2 is 2.05 bits per heavy atom. The fourth-order valence-corrected chi connectivity index (χ4v) is 1.46. The van der Waals surface area contributed by atoms with Gasteiger partial charge < -0.3 is 4.74 Å². The van der Waals surface area contributed by atoms with Gasteiger partial charge in [-0.3, -0.25) is 19.7 Å². The first-order chi connectivity index (χ1) is 9.54. The van der Waals surface area contributed by atoms with Crippen LogP contribution in [0.2, 0.25) is 0 Å². The average molecular weight is 281 g/mol. The number of esters is 1. The highest BCUT2D eigenvalue weighted by atomic mass is 16.5. The molecule has 1 aliphatic heterocycles. The molecule has 0 aliphatic carbocycles. The smallest absolute Gasteiger partial charge is 0.306 e. The van der Waals surface area contributed by atoms with E-state index >= 15 is 0 Å². The van der Waals surface area contributed by atoms with Crippen molar-refractivity contribution in [3.8, 4) is 0 Å². The van der Waals surface area contributed by atoms with Crippen LogP contribution in [0.15, 0.2) is 24.3 Å². The molecule has 1 heterocycles. The van der Waals surface area contributed by atoms with Crippen molar-refractivity contribution in [3.05, 3.63) is 24.3 Å². The molecule has 112 valence electrons. The van der Waals surface area contributed by atoms with Crippen LogP contribution in [0.5, 0.6) is 0 Å². The van der Waals surface area contributed by atoms with Gasteiger partial charge in [-0.1, -0.05) is 39.3 Å². The van der Waals surface area contributed by atoms with Gasteiger partial charge >= 0.3 is 5.97 Å². The molecule has 0 saturated heterocycles. The van der Waals surface area contributed by atoms with Crippen molar-refractivity contribution in [2.24, 2.45) is 0 Å². The largest absolute Gasteiger partial charge is 0.461 e. The minimum Gasteiger partial charge on any atom is -0.461 e. The first kappa shape index (κ1) is 18.1. The van der Waals surface area contributed by atoms with Crippen LogP contribution in [0.25, 0.3) is 0 Å². The Kier molecular flexibility index (Phi) is 9.92. The SMILES string of the molecule is C=CCOC(=O)CCCCC.CCC1=CC(=O)NC1=O. The van der Waals surface area contributed by atoms with E-state index in [4.69, 9.17) is 4.74 Å². The third kappa shape index (κ3) is 8.24. The number of unbranched alkanes of at least 4 members (excludes halogenated alkanes) is 2. The number of rotatable bonds is 7. The quantitative estimate of drug-likeness (QED) is 0.336. The second-order valence-electron chi connectivity index (χ2n) is 4.27. The molecule has 0 bridgehead atoms. The predicted octanol–water partition coefficient (Wildman–Crippen LogP) is 2.28. The third-order valence-corrected chi connectivity index (χ3v) is 2.56. The molecule has 5 nitrogen and oxygen atoms in total. The fraction of sp³-hybridized carbons (Fsp3) is 0.533. The maximum atomic E-state index is 10.8. The fourth-order valence-electron chi connectivity index (χ4n) is 1.46. The molecule has 1 N–H and O–H groups in total. The molecule has 0 aromatic carbocycles. The molecule has 0 unspecified atom stereocenters. The Bertz CT molecular complexity index is 385. The summed E-state index contributed by atoms with van der Waals surface area (Å²) in [6.07, 6.45) is 7.25. The van der Waals surface area contributed by atoms with E-state index in [0.717, 1.165) is 19.3 Å². The van der Waals surface area contributed by atoms with E-state index in [9.17, 15) is 14.4 Å². The maximum absolute atomic E-state index is 10.8. The number of ether oxygens (including phenoxy) is 1. The van der Waals surface area contributed by atoms with Gasteiger partial charge in [0.15, 0.2) is 0 Å². The van der Waals surface area contributed by atoms with Crippen LogP contribution in [0.3, 0.4) is 0 Å². The second-order valence-corrected chi connectivity index (χ2v) is 4.27. The van der Waals surface area contributed by atoms with Crippen molar-refractivity contribution in [2.45, 2.75) is 46.0 Å². The minimum atomic E-state index is -0.295. The summed E-state index contributed by atoms with van der Waals surface area (Å²) in [4.78, 5) is 31.8. The number of carbonyl (C=O) groups is 3. The lowest BCUT2D eigenvalue weighted by molar-refractivity contribution is -0.142. The van der Waals surface area contributed by atoms with Crippen LogP contribution in [0.1, 0.15) is 46.0 Å². The molecule has 0 aromatic rings. The van der Waals surface area contributed by atoms with Crippen LogP contribution in [0, 0.1) is 0 Å². The van der Waals surface area contributed by atoms with Gasteiger partial charge in [0.1, 0.15) is 6.61 Å². The van der Waals surface area contributed by atoms with Gasteiger partial charge in [-0.25, -0.2) is 0 Å². The van der Waals surface area contributed by atoms with Crippen LogP contribution in [-0.2, 0) is 19.1 Å². The third-order valence-electron chi connectivity index (χ3n) is 2.56. The predicted molar refractivity (Wildman–Crippen MR) is 76.8 cm³/mol. The molecule has 0 aromatic heterocycles. The molecule has 5 heteroatoms. The molecule has 1 aliphatic rings. The second kappa shape index (κ2) is 11.0. The molecule has 0 atom stereocenters. The molecule has 1 rings (SSSR count). The monoisotopic (exact) mass is 281 g/mol. The van der Waals surface area contributed by atoms with Crippen LogP contribution in [0.4, 0.5) is 0 Å². The number of imide groups is 1. The van der Waals surface area contributed by atoms with Crippen molar-refractivity contribution in [3.63, 3.8) is 0 Å². The summed E-state index contributed by atoms with van der Waals surface area (Å²) in [7, 11) is 0. The Hall–Kier alpha value is -1.91. The van der Waals surface area contributed by atoms with Crippen molar-refractivity contribution in [2.75, 3.05) is 6.61 Å². The van der Waals surface area contributed by atoms with Crippen molar-refractivity contribution in [1.82, 2.24) is 5.32 Å². The number of carbonyl (C=O) groups excluding carboxylic acids is 3. The lowest BCUT2D eigenvalue weighted by Crippen LogP contribution is -2.21. The number of nitrogens with one attached hydrogen (secondary N) is 1. The summed E-state index contributed by atoms with van der Waals surface area (Å²) < 4.78 is 4.78. The summed E-state index contributed by atoms with van der Waals surface area (Å²) >= 11 is 0. The molecule has 0 spiro atoms. The number of hydrogen-bond donors (Lipinski definition) is 1. The van der Waals surface area contributed by atoms with E-state index in [-0.39, 0.29) is 17.8 Å². The Labute approximate surface area is 120 Å². The Morgan fingerprint density at radius 3 is 2.45 bits per heavy atom. The van der Waals surface area contributed by atoms with Crippen LogP contribution >= 0.6 is 0 Å². The van der Waals surface area contributed by atoms with Crippen LogP contribution in [-0.4, -0.2) is 24.4 Å². The van der Waals surface area contributed by atoms with E-state index in [1.54, 1.807) is 6.08 Å². The lowest BCUT2D eigenvalue weighted by Gasteiger charge is -1.99. The summed E-state index contributed by atoms with van der Waals surface area (Å²) in [5, 5.41) is 2.15. The highest BCUT2D eigenvalue weighted by molar-refractivity contribution is 6.16. The van der Waals surface area contributed by atoms with Crippen molar-refractivity contribution >= 4 is 17.8 Å². The standard InChI is InChI=1S/C9H16O2.C6H7NO2/c1-3-5-6-7-9(10)11-8-4-2;1-2-4-3-5(8)7-6(4)9/h4H,2-3,5-8H2,1H3;3H,2H2,1H3,(H,7,8,9). The van der Waals surface area contributed by atoms with Gasteiger partial charge in [-0.2, -0.15) is 0 Å². The zero-order chi connectivity index (χ0) is 15.4. The van der Waals surface area contributed by atoms with E-state index < -0.39 is 0 Å². The van der Waals surface area contributed by atoms with Gasteiger partial charge in [-0.15, -0.1) is 0 Å². The van der Waals surface area contributed by atoms with E-state index in [1.165, 1.54) is 6.08 Å². The first-order valence-electron chi connectivity index (χ1n) is 6.87. The summed E-state index contributed by atoms with van der Waals surface area (Å²) in [5.41, 5.74) is 0.569.